The van der Waals surface area contributed by atoms with Gasteiger partial charge >= 0.3 is 5.69 Å². The first kappa shape index (κ1) is 14.0. The van der Waals surface area contributed by atoms with E-state index in [2.05, 4.69) is 20.6 Å². The van der Waals surface area contributed by atoms with Gasteiger partial charge in [-0.3, -0.25) is 24.7 Å². The molecule has 2 heterocycles. The number of carbonyl (C=O) groups is 1. The Balaban J connectivity index is 1.80. The number of nitro groups is 1. The normalized spacial score (nSPS) is 10.4. The number of aromatic nitrogens is 4. The van der Waals surface area contributed by atoms with Crippen molar-refractivity contribution in [1.82, 2.24) is 25.3 Å². The van der Waals surface area contributed by atoms with Crippen LogP contribution < -0.4 is 5.32 Å². The number of aromatic amines is 1. The number of amides is 1. The van der Waals surface area contributed by atoms with Crippen molar-refractivity contribution < 1.29 is 9.72 Å². The molecule has 10 heteroatoms. The van der Waals surface area contributed by atoms with Crippen molar-refractivity contribution in [1.29, 1.82) is 0 Å². The third-order valence-electron chi connectivity index (χ3n) is 2.49. The number of H-pyrrole nitrogens is 1. The van der Waals surface area contributed by atoms with Gasteiger partial charge in [0.1, 0.15) is 6.20 Å². The molecule has 0 saturated heterocycles. The number of aryl methyl sites for hydroxylation is 1. The second-order valence-electron chi connectivity index (χ2n) is 3.92. The van der Waals surface area contributed by atoms with E-state index in [4.69, 9.17) is 11.6 Å². The second-order valence-corrected chi connectivity index (χ2v) is 4.35. The molecule has 0 aliphatic carbocycles. The fourth-order valence-electron chi connectivity index (χ4n) is 1.58. The maximum absolute atomic E-state index is 11.7. The molecule has 0 aliphatic heterocycles. The monoisotopic (exact) mass is 298 g/mol. The third kappa shape index (κ3) is 3.32. The molecule has 9 nitrogen and oxygen atoms in total. The summed E-state index contributed by atoms with van der Waals surface area (Å²) in [5, 5.41) is 23.5. The van der Waals surface area contributed by atoms with Crippen molar-refractivity contribution in [3.63, 3.8) is 0 Å². The van der Waals surface area contributed by atoms with Crippen LogP contribution in [0.5, 0.6) is 0 Å². The largest absolute Gasteiger partial charge is 0.350 e. The summed E-state index contributed by atoms with van der Waals surface area (Å²) in [4.78, 5) is 21.7. The molecule has 0 spiro atoms. The molecule has 0 fully saturated rings. The molecule has 2 aromatic heterocycles. The van der Waals surface area contributed by atoms with Crippen LogP contribution in [0.2, 0.25) is 5.02 Å². The molecule has 0 saturated carbocycles. The minimum Gasteiger partial charge on any atom is -0.350 e. The highest BCUT2D eigenvalue weighted by atomic mass is 35.5. The van der Waals surface area contributed by atoms with E-state index in [1.54, 1.807) is 10.9 Å². The van der Waals surface area contributed by atoms with Gasteiger partial charge in [-0.15, -0.1) is 0 Å². The molecular formula is C10H11ClN6O3. The van der Waals surface area contributed by atoms with Crippen LogP contribution in [-0.2, 0) is 6.54 Å². The fourth-order valence-corrected chi connectivity index (χ4v) is 1.73. The summed E-state index contributed by atoms with van der Waals surface area (Å²) >= 11 is 5.71. The van der Waals surface area contributed by atoms with Gasteiger partial charge in [-0.1, -0.05) is 11.6 Å². The number of hydrogen-bond acceptors (Lipinski definition) is 5. The van der Waals surface area contributed by atoms with Crippen LogP contribution in [0.25, 0.3) is 0 Å². The zero-order chi connectivity index (χ0) is 14.5. The lowest BCUT2D eigenvalue weighted by atomic mass is 10.3. The maximum Gasteiger partial charge on any atom is 0.319 e. The molecule has 2 rings (SSSR count). The molecule has 0 bridgehead atoms. The van der Waals surface area contributed by atoms with Crippen molar-refractivity contribution >= 4 is 23.2 Å². The summed E-state index contributed by atoms with van der Waals surface area (Å²) in [6, 6.07) is 0. The molecule has 0 unspecified atom stereocenters. The van der Waals surface area contributed by atoms with Crippen LogP contribution in [0.15, 0.2) is 18.6 Å². The van der Waals surface area contributed by atoms with Crippen LogP contribution in [0.4, 0.5) is 5.69 Å². The first-order chi connectivity index (χ1) is 9.58. The SMILES string of the molecule is O=C(NCCCn1cc(Cl)cn1)c1[nH]ncc1[N+](=O)[O-]. The van der Waals surface area contributed by atoms with Gasteiger partial charge in [0.25, 0.3) is 5.91 Å². The van der Waals surface area contributed by atoms with E-state index in [0.717, 1.165) is 6.20 Å². The predicted octanol–water partition coefficient (Wildman–Crippen LogP) is 0.988. The minimum absolute atomic E-state index is 0.155. The molecule has 2 aromatic rings. The van der Waals surface area contributed by atoms with Crippen LogP contribution in [-0.4, -0.2) is 37.4 Å². The van der Waals surface area contributed by atoms with Gasteiger partial charge < -0.3 is 5.32 Å². The van der Waals surface area contributed by atoms with Crippen LogP contribution in [0.3, 0.4) is 0 Å². The third-order valence-corrected chi connectivity index (χ3v) is 2.69. The van der Waals surface area contributed by atoms with E-state index in [1.165, 1.54) is 6.20 Å². The number of nitrogens with zero attached hydrogens (tertiary/aromatic N) is 4. The second kappa shape index (κ2) is 6.15. The molecule has 106 valence electrons. The first-order valence-electron chi connectivity index (χ1n) is 5.72. The Morgan fingerprint density at radius 3 is 3.00 bits per heavy atom. The van der Waals surface area contributed by atoms with E-state index in [0.29, 0.717) is 24.5 Å². The zero-order valence-electron chi connectivity index (χ0n) is 10.2. The highest BCUT2D eigenvalue weighted by molar-refractivity contribution is 6.30. The average Bonchev–Trinajstić information content (AvgIpc) is 3.03. The molecule has 20 heavy (non-hydrogen) atoms. The summed E-state index contributed by atoms with van der Waals surface area (Å²) in [6.45, 7) is 0.935. The van der Waals surface area contributed by atoms with E-state index in [-0.39, 0.29) is 11.4 Å². The van der Waals surface area contributed by atoms with E-state index in [1.807, 2.05) is 0 Å². The minimum atomic E-state index is -0.663. The summed E-state index contributed by atoms with van der Waals surface area (Å²) in [6.07, 6.45) is 4.81. The lowest BCUT2D eigenvalue weighted by molar-refractivity contribution is -0.385. The lowest BCUT2D eigenvalue weighted by Crippen LogP contribution is -2.26. The predicted molar refractivity (Wildman–Crippen MR) is 69.4 cm³/mol. The molecular weight excluding hydrogens is 288 g/mol. The number of rotatable bonds is 6. The Hall–Kier alpha value is -2.42. The molecule has 0 aliphatic rings. The van der Waals surface area contributed by atoms with Crippen LogP contribution in [0, 0.1) is 10.1 Å². The fraction of sp³-hybridized carbons (Fsp3) is 0.300. The molecule has 0 aromatic carbocycles. The zero-order valence-corrected chi connectivity index (χ0v) is 11.0. The summed E-state index contributed by atoms with van der Waals surface area (Å²) in [7, 11) is 0. The molecule has 1 amide bonds. The number of hydrogen-bond donors (Lipinski definition) is 2. The van der Waals surface area contributed by atoms with Gasteiger partial charge in [-0.05, 0) is 6.42 Å². The molecule has 0 atom stereocenters. The lowest BCUT2D eigenvalue weighted by Gasteiger charge is -2.03. The maximum atomic E-state index is 11.7. The Kier molecular flexibility index (Phi) is 4.31. The van der Waals surface area contributed by atoms with Crippen molar-refractivity contribution in [2.75, 3.05) is 6.54 Å². The van der Waals surface area contributed by atoms with Crippen LogP contribution in [0.1, 0.15) is 16.9 Å². The van der Waals surface area contributed by atoms with Gasteiger partial charge in [0.2, 0.25) is 5.69 Å². The van der Waals surface area contributed by atoms with Gasteiger partial charge in [0.15, 0.2) is 0 Å². The first-order valence-corrected chi connectivity index (χ1v) is 6.09. The number of nitrogens with one attached hydrogen (secondary N) is 2. The number of carbonyl (C=O) groups excluding carboxylic acids is 1. The van der Waals surface area contributed by atoms with Crippen molar-refractivity contribution in [2.45, 2.75) is 13.0 Å². The highest BCUT2D eigenvalue weighted by Crippen LogP contribution is 2.13. The van der Waals surface area contributed by atoms with E-state index < -0.39 is 10.8 Å². The topological polar surface area (TPSA) is 119 Å². The van der Waals surface area contributed by atoms with E-state index in [9.17, 15) is 14.9 Å². The van der Waals surface area contributed by atoms with Crippen molar-refractivity contribution in [3.05, 3.63) is 39.4 Å². The van der Waals surface area contributed by atoms with Crippen molar-refractivity contribution in [2.24, 2.45) is 0 Å². The summed E-state index contributed by atoms with van der Waals surface area (Å²) in [5.41, 5.74) is -0.501. The Bertz CT molecular complexity index is 622. The smallest absolute Gasteiger partial charge is 0.319 e. The summed E-state index contributed by atoms with van der Waals surface area (Å²) < 4.78 is 1.65. The van der Waals surface area contributed by atoms with Crippen molar-refractivity contribution in [3.8, 4) is 0 Å². The standard InChI is InChI=1S/C10H11ClN6O3/c11-7-4-14-16(6-7)3-1-2-12-10(18)9-8(17(19)20)5-13-15-9/h4-6H,1-3H2,(H,12,18)(H,13,15). The van der Waals surface area contributed by atoms with E-state index >= 15 is 0 Å². The van der Waals surface area contributed by atoms with Gasteiger partial charge in [-0.2, -0.15) is 10.2 Å². The molecule has 2 N–H and O–H groups in total. The summed E-state index contributed by atoms with van der Waals surface area (Å²) in [5.74, 6) is -0.562. The van der Waals surface area contributed by atoms with Gasteiger partial charge in [0, 0.05) is 19.3 Å². The number of halogens is 1. The quantitative estimate of drug-likeness (QED) is 0.468. The highest BCUT2D eigenvalue weighted by Gasteiger charge is 2.22. The Morgan fingerprint density at radius 1 is 1.55 bits per heavy atom. The Morgan fingerprint density at radius 2 is 2.35 bits per heavy atom. The van der Waals surface area contributed by atoms with Gasteiger partial charge in [-0.25, -0.2) is 0 Å². The Labute approximate surface area is 118 Å². The molecule has 0 radical (unpaired) electrons. The average molecular weight is 299 g/mol. The van der Waals surface area contributed by atoms with Gasteiger partial charge in [0.05, 0.1) is 16.1 Å². The van der Waals surface area contributed by atoms with Crippen LogP contribution >= 0.6 is 11.6 Å².